The second-order valence-electron chi connectivity index (χ2n) is 4.67. The molecule has 1 unspecified atom stereocenters. The number of hydrogen-bond donors (Lipinski definition) is 2. The first-order valence-electron chi connectivity index (χ1n) is 6.50. The largest absolute Gasteiger partial charge is 0.381 e. The van der Waals surface area contributed by atoms with Crippen LogP contribution in [0, 0.1) is 0 Å². The number of aliphatic hydroxyl groups is 1. The number of benzene rings is 2. The molecule has 3 rings (SSSR count). The predicted molar refractivity (Wildman–Crippen MR) is 82.2 cm³/mol. The molecular weight excluding hydrogens is 246 g/mol. The summed E-state index contributed by atoms with van der Waals surface area (Å²) in [7, 11) is 0. The minimum atomic E-state index is -0.762. The summed E-state index contributed by atoms with van der Waals surface area (Å²) in [6.07, 6.45) is -0.762. The van der Waals surface area contributed by atoms with Gasteiger partial charge in [-0.3, -0.25) is 0 Å². The van der Waals surface area contributed by atoms with E-state index in [0.717, 1.165) is 22.2 Å². The van der Waals surface area contributed by atoms with Crippen molar-refractivity contribution in [2.24, 2.45) is 0 Å². The molecule has 0 aliphatic heterocycles. The van der Waals surface area contributed by atoms with Crippen molar-refractivity contribution >= 4 is 16.5 Å². The Labute approximate surface area is 117 Å². The zero-order valence-corrected chi connectivity index (χ0v) is 11.0. The molecule has 2 heteroatoms. The van der Waals surface area contributed by atoms with E-state index < -0.39 is 6.10 Å². The molecule has 0 amide bonds. The molecule has 1 atom stereocenters. The van der Waals surface area contributed by atoms with Gasteiger partial charge in [-0.15, -0.1) is 5.73 Å². The molecule has 0 saturated carbocycles. The molecule has 20 heavy (non-hydrogen) atoms. The SMILES string of the molecule is C=C=C(c1ccccc1)C(O)c1cc2ccccc2[nH]1. The summed E-state index contributed by atoms with van der Waals surface area (Å²) in [5.41, 5.74) is 6.22. The van der Waals surface area contributed by atoms with E-state index >= 15 is 0 Å². The summed E-state index contributed by atoms with van der Waals surface area (Å²) in [6.45, 7) is 3.70. The van der Waals surface area contributed by atoms with E-state index in [9.17, 15) is 5.11 Å². The Morgan fingerprint density at radius 3 is 2.45 bits per heavy atom. The highest BCUT2D eigenvalue weighted by atomic mass is 16.3. The van der Waals surface area contributed by atoms with Crippen LogP contribution in [0.15, 0.2) is 73.0 Å². The van der Waals surface area contributed by atoms with Crippen LogP contribution in [-0.4, -0.2) is 10.1 Å². The summed E-state index contributed by atoms with van der Waals surface area (Å²) in [6, 6.07) is 19.6. The van der Waals surface area contributed by atoms with Crippen LogP contribution >= 0.6 is 0 Å². The highest BCUT2D eigenvalue weighted by Crippen LogP contribution is 2.30. The minimum absolute atomic E-state index is 0.678. The van der Waals surface area contributed by atoms with Crippen LogP contribution < -0.4 is 0 Å². The third kappa shape index (κ3) is 2.19. The molecule has 0 radical (unpaired) electrons. The van der Waals surface area contributed by atoms with Gasteiger partial charge in [0.05, 0.1) is 5.69 Å². The minimum Gasteiger partial charge on any atom is -0.381 e. The monoisotopic (exact) mass is 261 g/mol. The molecule has 0 fully saturated rings. The normalized spacial score (nSPS) is 12.1. The summed E-state index contributed by atoms with van der Waals surface area (Å²) in [4.78, 5) is 3.24. The fraction of sp³-hybridized carbons (Fsp3) is 0.0556. The highest BCUT2D eigenvalue weighted by molar-refractivity contribution is 5.81. The van der Waals surface area contributed by atoms with Gasteiger partial charge in [0.25, 0.3) is 0 Å². The Morgan fingerprint density at radius 2 is 1.75 bits per heavy atom. The van der Waals surface area contributed by atoms with Crippen molar-refractivity contribution in [2.45, 2.75) is 6.10 Å². The number of para-hydroxylation sites is 1. The molecule has 1 aromatic heterocycles. The maximum atomic E-state index is 10.6. The van der Waals surface area contributed by atoms with E-state index in [-0.39, 0.29) is 0 Å². The van der Waals surface area contributed by atoms with Crippen molar-refractivity contribution in [3.05, 3.63) is 84.2 Å². The van der Waals surface area contributed by atoms with Gasteiger partial charge in [-0.05, 0) is 23.1 Å². The maximum Gasteiger partial charge on any atom is 0.126 e. The number of rotatable bonds is 3. The molecule has 98 valence electrons. The molecule has 2 nitrogen and oxygen atoms in total. The van der Waals surface area contributed by atoms with Gasteiger partial charge < -0.3 is 10.1 Å². The van der Waals surface area contributed by atoms with E-state index in [2.05, 4.69) is 17.3 Å². The third-order valence-electron chi connectivity index (χ3n) is 3.39. The van der Waals surface area contributed by atoms with E-state index in [1.807, 2.05) is 60.7 Å². The Kier molecular flexibility index (Phi) is 3.26. The van der Waals surface area contributed by atoms with Crippen LogP contribution in [0.4, 0.5) is 0 Å². The van der Waals surface area contributed by atoms with Gasteiger partial charge in [-0.2, -0.15) is 0 Å². The molecule has 0 aliphatic carbocycles. The highest BCUT2D eigenvalue weighted by Gasteiger charge is 2.16. The summed E-state index contributed by atoms with van der Waals surface area (Å²) in [5, 5.41) is 11.6. The number of H-pyrrole nitrogens is 1. The number of hydrogen-bond acceptors (Lipinski definition) is 1. The summed E-state index contributed by atoms with van der Waals surface area (Å²) in [5.74, 6) is 0. The average Bonchev–Trinajstić information content (AvgIpc) is 2.93. The first-order valence-corrected chi connectivity index (χ1v) is 6.50. The van der Waals surface area contributed by atoms with Crippen LogP contribution in [0.3, 0.4) is 0 Å². The van der Waals surface area contributed by atoms with Crippen molar-refractivity contribution in [2.75, 3.05) is 0 Å². The predicted octanol–water partition coefficient (Wildman–Crippen LogP) is 4.07. The lowest BCUT2D eigenvalue weighted by molar-refractivity contribution is 0.234. The van der Waals surface area contributed by atoms with Crippen molar-refractivity contribution in [1.29, 1.82) is 0 Å². The molecule has 2 N–H and O–H groups in total. The lowest BCUT2D eigenvalue weighted by Gasteiger charge is -2.12. The molecule has 2 aromatic carbocycles. The molecule has 1 heterocycles. The van der Waals surface area contributed by atoms with E-state index in [1.54, 1.807) is 0 Å². The maximum absolute atomic E-state index is 10.6. The molecule has 0 spiro atoms. The third-order valence-corrected chi connectivity index (χ3v) is 3.39. The number of aromatic amines is 1. The Hall–Kier alpha value is -2.54. The van der Waals surface area contributed by atoms with Crippen molar-refractivity contribution in [1.82, 2.24) is 4.98 Å². The number of nitrogens with one attached hydrogen (secondary N) is 1. The zero-order chi connectivity index (χ0) is 13.9. The number of aromatic nitrogens is 1. The lowest BCUT2D eigenvalue weighted by Crippen LogP contribution is -2.00. The van der Waals surface area contributed by atoms with Crippen LogP contribution in [-0.2, 0) is 0 Å². The second-order valence-corrected chi connectivity index (χ2v) is 4.67. The Balaban J connectivity index is 2.03. The van der Waals surface area contributed by atoms with Crippen LogP contribution in [0.2, 0.25) is 0 Å². The molecular formula is C18H15NO. The number of fused-ring (bicyclic) bond motifs is 1. The van der Waals surface area contributed by atoms with Crippen LogP contribution in [0.1, 0.15) is 17.4 Å². The van der Waals surface area contributed by atoms with Gasteiger partial charge in [-0.1, -0.05) is 55.1 Å². The van der Waals surface area contributed by atoms with Crippen LogP contribution in [0.5, 0.6) is 0 Å². The Morgan fingerprint density at radius 1 is 1.05 bits per heavy atom. The van der Waals surface area contributed by atoms with E-state index in [1.165, 1.54) is 0 Å². The van der Waals surface area contributed by atoms with E-state index in [0.29, 0.717) is 5.57 Å². The van der Waals surface area contributed by atoms with Gasteiger partial charge in [0.1, 0.15) is 6.10 Å². The Bertz CT molecular complexity index is 746. The van der Waals surface area contributed by atoms with Crippen molar-refractivity contribution in [3.63, 3.8) is 0 Å². The van der Waals surface area contributed by atoms with Gasteiger partial charge in [0, 0.05) is 11.1 Å². The van der Waals surface area contributed by atoms with Crippen LogP contribution in [0.25, 0.3) is 16.5 Å². The quantitative estimate of drug-likeness (QED) is 0.685. The first-order chi connectivity index (χ1) is 9.79. The second kappa shape index (κ2) is 5.22. The van der Waals surface area contributed by atoms with Crippen molar-refractivity contribution < 1.29 is 5.11 Å². The van der Waals surface area contributed by atoms with Gasteiger partial charge >= 0.3 is 0 Å². The van der Waals surface area contributed by atoms with Crippen molar-refractivity contribution in [3.8, 4) is 0 Å². The molecule has 3 aromatic rings. The first kappa shape index (κ1) is 12.5. The summed E-state index contributed by atoms with van der Waals surface area (Å²) >= 11 is 0. The topological polar surface area (TPSA) is 36.0 Å². The molecule has 0 bridgehead atoms. The molecule has 0 saturated heterocycles. The van der Waals surface area contributed by atoms with Gasteiger partial charge in [-0.25, -0.2) is 0 Å². The summed E-state index contributed by atoms with van der Waals surface area (Å²) < 4.78 is 0. The number of aliphatic hydroxyl groups excluding tert-OH is 1. The smallest absolute Gasteiger partial charge is 0.126 e. The standard InChI is InChI=1S/C18H15NO/c1-2-15(13-8-4-3-5-9-13)18(20)17-12-14-10-6-7-11-16(14)19-17/h3-12,18-20H,1H2. The molecule has 0 aliphatic rings. The lowest BCUT2D eigenvalue weighted by atomic mass is 9.99. The fourth-order valence-corrected chi connectivity index (χ4v) is 2.37. The average molecular weight is 261 g/mol. The zero-order valence-electron chi connectivity index (χ0n) is 11.0. The van der Waals surface area contributed by atoms with Gasteiger partial charge in [0.2, 0.25) is 0 Å². The fourth-order valence-electron chi connectivity index (χ4n) is 2.37. The van der Waals surface area contributed by atoms with E-state index in [4.69, 9.17) is 0 Å². The van der Waals surface area contributed by atoms with Gasteiger partial charge in [0.15, 0.2) is 0 Å².